The number of oxime groups is 1. The van der Waals surface area contributed by atoms with Crippen LogP contribution >= 0.6 is 0 Å². The summed E-state index contributed by atoms with van der Waals surface area (Å²) in [7, 11) is -9.07. The fraction of sp³-hybridized carbons (Fsp3) is 0. The van der Waals surface area contributed by atoms with Gasteiger partial charge in [0.1, 0.15) is 0 Å². The molecular formula is CH2N4O8S2. The number of nitrogens with zero attached hydrogens (tertiary/aromatic N) is 3. The highest BCUT2D eigenvalue weighted by atomic mass is 32.3. The Morgan fingerprint density at radius 2 is 1.67 bits per heavy atom. The monoisotopic (exact) mass is 262 g/mol. The highest BCUT2D eigenvalue weighted by molar-refractivity contribution is 7.82. The van der Waals surface area contributed by atoms with Crippen molar-refractivity contribution in [2.45, 2.75) is 0 Å². The average Bonchev–Trinajstić information content (AvgIpc) is 1.97. The molecule has 0 atom stereocenters. The van der Waals surface area contributed by atoms with Gasteiger partial charge < -0.3 is 0 Å². The zero-order valence-corrected chi connectivity index (χ0v) is 8.13. The van der Waals surface area contributed by atoms with E-state index in [0.29, 0.717) is 0 Å². The van der Waals surface area contributed by atoms with E-state index in [4.69, 9.17) is 5.84 Å². The summed E-state index contributed by atoms with van der Waals surface area (Å²) in [5.41, 5.74) is 0. The second-order valence-corrected chi connectivity index (χ2v) is 4.32. The Bertz CT molecular complexity index is 503. The molecule has 0 bridgehead atoms. The van der Waals surface area contributed by atoms with Gasteiger partial charge in [0, 0.05) is 0 Å². The van der Waals surface area contributed by atoms with E-state index in [1.165, 1.54) is 0 Å². The summed E-state index contributed by atoms with van der Waals surface area (Å²) in [4.78, 5) is 0. The summed E-state index contributed by atoms with van der Waals surface area (Å²) >= 11 is 0. The van der Waals surface area contributed by atoms with Gasteiger partial charge in [-0.15, -0.1) is 9.46 Å². The molecule has 0 aromatic heterocycles. The lowest BCUT2D eigenvalue weighted by Crippen LogP contribution is -2.56. The molecule has 0 radical (unpaired) electrons. The summed E-state index contributed by atoms with van der Waals surface area (Å²) < 4.78 is 58.4. The first kappa shape index (κ1) is 10.3. The van der Waals surface area contributed by atoms with Crippen LogP contribution < -0.4 is 5.84 Å². The van der Waals surface area contributed by atoms with E-state index in [1.807, 2.05) is 0 Å². The van der Waals surface area contributed by atoms with E-state index in [1.54, 1.807) is 0 Å². The Kier molecular flexibility index (Phi) is 2.00. The number of hydrogen-bond acceptors (Lipinski definition) is 12. The van der Waals surface area contributed by atoms with Crippen LogP contribution in [0.5, 0.6) is 0 Å². The number of rotatable bonds is 0. The fourth-order valence-corrected chi connectivity index (χ4v) is 1.68. The fourth-order valence-electron chi connectivity index (χ4n) is 0.637. The third kappa shape index (κ3) is 1.94. The Morgan fingerprint density at radius 1 is 1.07 bits per heavy atom. The third-order valence-electron chi connectivity index (χ3n) is 1.06. The van der Waals surface area contributed by atoms with E-state index in [9.17, 15) is 16.8 Å². The van der Waals surface area contributed by atoms with Crippen LogP contribution in [0.4, 0.5) is 0 Å². The number of hydroxylamine groups is 3. The Hall–Kier alpha value is -1.19. The van der Waals surface area contributed by atoms with Crippen molar-refractivity contribution < 1.29 is 34.0 Å². The van der Waals surface area contributed by atoms with Crippen molar-refractivity contribution >= 4 is 26.8 Å². The Balaban J connectivity index is 2.39. The first-order valence-corrected chi connectivity index (χ1v) is 5.66. The maximum atomic E-state index is 10.7. The van der Waals surface area contributed by atoms with Gasteiger partial charge in [0.25, 0.3) is 0 Å². The molecule has 0 spiro atoms. The molecule has 0 unspecified atom stereocenters. The van der Waals surface area contributed by atoms with E-state index < -0.39 is 26.8 Å². The molecule has 2 aliphatic heterocycles. The maximum Gasteiger partial charge on any atom is 0.493 e. The molecule has 1 fully saturated rings. The molecule has 15 heavy (non-hydrogen) atoms. The van der Waals surface area contributed by atoms with Crippen molar-refractivity contribution in [1.82, 2.24) is 10.4 Å². The van der Waals surface area contributed by atoms with Gasteiger partial charge in [0.2, 0.25) is 0 Å². The molecule has 2 rings (SSSR count). The molecule has 0 aliphatic carbocycles. The topological polar surface area (TPSA) is 150 Å². The minimum Gasteiger partial charge on any atom is -0.242 e. The quantitative estimate of drug-likeness (QED) is 0.446. The first-order chi connectivity index (χ1) is 6.79. The first-order valence-electron chi connectivity index (χ1n) is 2.99. The van der Waals surface area contributed by atoms with Gasteiger partial charge in [-0.2, -0.15) is 16.8 Å². The standard InChI is InChI=1S/CH2N4O8S2/c2-4-1-3-10-14(6,7)12-5(1)13-15(8,9)11-4/h2H2. The Labute approximate surface area is 82.8 Å². The smallest absolute Gasteiger partial charge is 0.242 e. The van der Waals surface area contributed by atoms with Gasteiger partial charge in [-0.05, 0) is 10.4 Å². The molecule has 2 heterocycles. The van der Waals surface area contributed by atoms with E-state index >= 15 is 0 Å². The minimum atomic E-state index is -4.55. The average molecular weight is 262 g/mol. The highest BCUT2D eigenvalue weighted by Gasteiger charge is 2.43. The molecule has 0 aromatic carbocycles. The molecule has 1 saturated heterocycles. The summed E-state index contributed by atoms with van der Waals surface area (Å²) in [5, 5.41) is 2.84. The van der Waals surface area contributed by atoms with Gasteiger partial charge in [-0.3, -0.25) is 0 Å². The predicted octanol–water partition coefficient (Wildman–Crippen LogP) is -2.94. The minimum absolute atomic E-state index is 0.0769. The second-order valence-electron chi connectivity index (χ2n) is 2.09. The van der Waals surface area contributed by atoms with Crippen LogP contribution in [0, 0.1) is 0 Å². The molecule has 86 valence electrons. The van der Waals surface area contributed by atoms with Crippen LogP contribution in [0.3, 0.4) is 0 Å². The van der Waals surface area contributed by atoms with E-state index in [0.717, 1.165) is 0 Å². The van der Waals surface area contributed by atoms with Crippen LogP contribution in [-0.2, 0) is 37.9 Å². The molecule has 2 aliphatic rings. The number of fused-ring (bicyclic) bond motifs is 1. The van der Waals surface area contributed by atoms with Crippen LogP contribution in [0.25, 0.3) is 0 Å². The maximum absolute atomic E-state index is 10.7. The normalized spacial score (nSPS) is 27.7. The molecule has 14 heteroatoms. The molecule has 12 nitrogen and oxygen atoms in total. The molecule has 0 amide bonds. The lowest BCUT2D eigenvalue weighted by atomic mass is 11.0. The van der Waals surface area contributed by atoms with Crippen molar-refractivity contribution in [1.29, 1.82) is 0 Å². The van der Waals surface area contributed by atoms with E-state index in [-0.39, 0.29) is 10.4 Å². The van der Waals surface area contributed by atoms with Crippen LogP contribution in [-0.4, -0.2) is 33.2 Å². The highest BCUT2D eigenvalue weighted by Crippen LogP contribution is 2.19. The van der Waals surface area contributed by atoms with E-state index in [2.05, 4.69) is 22.3 Å². The second kappa shape index (κ2) is 2.90. The number of guanidine groups is 1. The van der Waals surface area contributed by atoms with Crippen LogP contribution in [0.15, 0.2) is 5.16 Å². The molecule has 0 saturated carbocycles. The zero-order valence-electron chi connectivity index (χ0n) is 6.50. The van der Waals surface area contributed by atoms with Crippen molar-refractivity contribution in [3.05, 3.63) is 0 Å². The zero-order chi connectivity index (χ0) is 11.3. The SMILES string of the molecule is NN1OS(=O)(=O)ON2OS(=O)(=O)ON=C12. The number of hydrogen-bond donors (Lipinski definition) is 1. The largest absolute Gasteiger partial charge is 0.493 e. The number of nitrogens with two attached hydrogens (primary N) is 1. The molecule has 0 aromatic rings. The van der Waals surface area contributed by atoms with Crippen molar-refractivity contribution in [2.24, 2.45) is 11.0 Å². The molecule has 2 N–H and O–H groups in total. The summed E-state index contributed by atoms with van der Waals surface area (Å²) in [5.74, 6) is 4.31. The van der Waals surface area contributed by atoms with Gasteiger partial charge in [-0.25, -0.2) is 10.1 Å². The summed E-state index contributed by atoms with van der Waals surface area (Å²) in [6.07, 6.45) is 0. The lowest BCUT2D eigenvalue weighted by molar-refractivity contribution is -0.252. The van der Waals surface area contributed by atoms with Gasteiger partial charge in [-0.1, -0.05) is 8.57 Å². The predicted molar refractivity (Wildman–Crippen MR) is 37.5 cm³/mol. The summed E-state index contributed by atoms with van der Waals surface area (Å²) in [6.45, 7) is 0. The lowest BCUT2D eigenvalue weighted by Gasteiger charge is -2.30. The number of hydrazine groups is 1. The third-order valence-corrected chi connectivity index (χ3v) is 2.30. The van der Waals surface area contributed by atoms with Crippen LogP contribution in [0.2, 0.25) is 0 Å². The van der Waals surface area contributed by atoms with Crippen molar-refractivity contribution in [3.8, 4) is 0 Å². The van der Waals surface area contributed by atoms with Crippen LogP contribution in [0.1, 0.15) is 0 Å². The van der Waals surface area contributed by atoms with Gasteiger partial charge >= 0.3 is 26.8 Å². The van der Waals surface area contributed by atoms with Gasteiger partial charge in [0.15, 0.2) is 0 Å². The van der Waals surface area contributed by atoms with Crippen molar-refractivity contribution in [2.75, 3.05) is 0 Å². The summed E-state index contributed by atoms with van der Waals surface area (Å²) in [6, 6.07) is 0. The Morgan fingerprint density at radius 3 is 2.33 bits per heavy atom. The van der Waals surface area contributed by atoms with Gasteiger partial charge in [0.05, 0.1) is 0 Å². The van der Waals surface area contributed by atoms with Crippen molar-refractivity contribution in [3.63, 3.8) is 0 Å². The molecular weight excluding hydrogens is 260 g/mol.